The monoisotopic (exact) mass is 264 g/mol. The summed E-state index contributed by atoms with van der Waals surface area (Å²) in [6.07, 6.45) is 6.58. The van der Waals surface area contributed by atoms with E-state index in [9.17, 15) is 4.79 Å². The quantitative estimate of drug-likeness (QED) is 0.868. The molecule has 106 valence electrons. The number of nitrogens with zero attached hydrogens (tertiary/aromatic N) is 2. The standard InChI is InChI=1S/C14H24N4O/c1-14(2,3)17-13(19)6-8-18-10-15-9-12(18)11-5-4-7-16-11/h9-11,16H,4-8H2,1-3H3,(H,17,19). The molecule has 0 saturated carbocycles. The summed E-state index contributed by atoms with van der Waals surface area (Å²) >= 11 is 0. The van der Waals surface area contributed by atoms with Crippen LogP contribution in [0, 0.1) is 0 Å². The first-order chi connectivity index (χ1) is 8.96. The predicted molar refractivity (Wildman–Crippen MR) is 74.7 cm³/mol. The fourth-order valence-corrected chi connectivity index (χ4v) is 2.45. The van der Waals surface area contributed by atoms with Crippen LogP contribution < -0.4 is 10.6 Å². The van der Waals surface area contributed by atoms with Crippen molar-refractivity contribution in [2.75, 3.05) is 6.54 Å². The average Bonchev–Trinajstić information content (AvgIpc) is 2.94. The van der Waals surface area contributed by atoms with E-state index in [0.29, 0.717) is 19.0 Å². The molecule has 0 bridgehead atoms. The highest BCUT2D eigenvalue weighted by atomic mass is 16.1. The minimum atomic E-state index is -0.165. The lowest BCUT2D eigenvalue weighted by Crippen LogP contribution is -2.40. The fraction of sp³-hybridized carbons (Fsp3) is 0.714. The first-order valence-corrected chi connectivity index (χ1v) is 7.00. The van der Waals surface area contributed by atoms with Gasteiger partial charge in [0.25, 0.3) is 0 Å². The zero-order valence-electron chi connectivity index (χ0n) is 12.1. The van der Waals surface area contributed by atoms with Gasteiger partial charge in [0.1, 0.15) is 0 Å². The Hall–Kier alpha value is -1.36. The number of rotatable bonds is 4. The first-order valence-electron chi connectivity index (χ1n) is 7.00. The van der Waals surface area contributed by atoms with Crippen LogP contribution in [0.4, 0.5) is 0 Å². The largest absolute Gasteiger partial charge is 0.351 e. The SMILES string of the molecule is CC(C)(C)NC(=O)CCn1cncc1C1CCCN1. The Morgan fingerprint density at radius 1 is 1.58 bits per heavy atom. The van der Waals surface area contributed by atoms with E-state index in [0.717, 1.165) is 13.0 Å². The van der Waals surface area contributed by atoms with Crippen molar-refractivity contribution >= 4 is 5.91 Å². The number of hydrogen-bond donors (Lipinski definition) is 2. The van der Waals surface area contributed by atoms with Crippen LogP contribution in [0.25, 0.3) is 0 Å². The summed E-state index contributed by atoms with van der Waals surface area (Å²) in [6, 6.07) is 0.396. The summed E-state index contributed by atoms with van der Waals surface area (Å²) in [5.74, 6) is 0.0894. The van der Waals surface area contributed by atoms with Crippen LogP contribution >= 0.6 is 0 Å². The van der Waals surface area contributed by atoms with E-state index in [1.54, 1.807) is 0 Å². The number of nitrogens with one attached hydrogen (secondary N) is 2. The normalized spacial score (nSPS) is 19.6. The number of carbonyl (C=O) groups is 1. The number of carbonyl (C=O) groups excluding carboxylic acids is 1. The van der Waals surface area contributed by atoms with Crippen molar-refractivity contribution in [2.24, 2.45) is 0 Å². The third-order valence-corrected chi connectivity index (χ3v) is 3.26. The maximum atomic E-state index is 11.8. The van der Waals surface area contributed by atoms with E-state index in [2.05, 4.69) is 20.2 Å². The van der Waals surface area contributed by atoms with Gasteiger partial charge in [0.2, 0.25) is 5.91 Å². The van der Waals surface area contributed by atoms with Gasteiger partial charge < -0.3 is 15.2 Å². The van der Waals surface area contributed by atoms with Gasteiger partial charge in [-0.2, -0.15) is 0 Å². The van der Waals surface area contributed by atoms with Gasteiger partial charge in [-0.15, -0.1) is 0 Å². The molecule has 1 aromatic rings. The number of hydrogen-bond acceptors (Lipinski definition) is 3. The molecule has 5 nitrogen and oxygen atoms in total. The van der Waals surface area contributed by atoms with Gasteiger partial charge in [0, 0.05) is 30.7 Å². The van der Waals surface area contributed by atoms with Crippen LogP contribution in [0.3, 0.4) is 0 Å². The summed E-state index contributed by atoms with van der Waals surface area (Å²) in [7, 11) is 0. The lowest BCUT2D eigenvalue weighted by atomic mass is 10.1. The fourth-order valence-electron chi connectivity index (χ4n) is 2.45. The lowest BCUT2D eigenvalue weighted by molar-refractivity contribution is -0.122. The minimum absolute atomic E-state index is 0.0894. The Bertz CT molecular complexity index is 427. The van der Waals surface area contributed by atoms with E-state index < -0.39 is 0 Å². The van der Waals surface area contributed by atoms with Crippen LogP contribution in [0.15, 0.2) is 12.5 Å². The van der Waals surface area contributed by atoms with Crippen LogP contribution in [-0.4, -0.2) is 27.5 Å². The third-order valence-electron chi connectivity index (χ3n) is 3.26. The van der Waals surface area contributed by atoms with Crippen LogP contribution in [0.1, 0.15) is 51.8 Å². The van der Waals surface area contributed by atoms with Crippen LogP contribution in [0.2, 0.25) is 0 Å². The third kappa shape index (κ3) is 4.06. The van der Waals surface area contributed by atoms with Gasteiger partial charge in [0.15, 0.2) is 0 Å². The molecule has 2 N–H and O–H groups in total. The molecule has 1 saturated heterocycles. The zero-order chi connectivity index (χ0) is 13.9. The molecule has 19 heavy (non-hydrogen) atoms. The highest BCUT2D eigenvalue weighted by molar-refractivity contribution is 5.76. The molecule has 0 aromatic carbocycles. The molecule has 1 aliphatic heterocycles. The molecule has 1 aromatic heterocycles. The number of aromatic nitrogens is 2. The predicted octanol–water partition coefficient (Wildman–Crippen LogP) is 1.61. The van der Waals surface area contributed by atoms with Gasteiger partial charge in [-0.25, -0.2) is 4.98 Å². The zero-order valence-corrected chi connectivity index (χ0v) is 12.1. The number of aryl methyl sites for hydroxylation is 1. The van der Waals surface area contributed by atoms with Gasteiger partial charge >= 0.3 is 0 Å². The summed E-state index contributed by atoms with van der Waals surface area (Å²) < 4.78 is 2.09. The Labute approximate surface area is 114 Å². The smallest absolute Gasteiger partial charge is 0.222 e. The lowest BCUT2D eigenvalue weighted by Gasteiger charge is -2.21. The first kappa shape index (κ1) is 14.1. The topological polar surface area (TPSA) is 59.0 Å². The summed E-state index contributed by atoms with van der Waals surface area (Å²) in [6.45, 7) is 7.75. The van der Waals surface area contributed by atoms with Crippen molar-refractivity contribution in [1.82, 2.24) is 20.2 Å². The van der Waals surface area contributed by atoms with E-state index >= 15 is 0 Å². The molecule has 1 amide bonds. The minimum Gasteiger partial charge on any atom is -0.351 e. The van der Waals surface area contributed by atoms with Gasteiger partial charge in [-0.05, 0) is 40.2 Å². The van der Waals surface area contributed by atoms with Crippen LogP contribution in [0.5, 0.6) is 0 Å². The number of amides is 1. The molecule has 1 aliphatic rings. The van der Waals surface area contributed by atoms with E-state index in [1.165, 1.54) is 12.1 Å². The highest BCUT2D eigenvalue weighted by Crippen LogP contribution is 2.22. The second-order valence-corrected chi connectivity index (χ2v) is 6.21. The Balaban J connectivity index is 1.89. The van der Waals surface area contributed by atoms with Crippen molar-refractivity contribution in [3.63, 3.8) is 0 Å². The molecular weight excluding hydrogens is 240 g/mol. The van der Waals surface area contributed by atoms with E-state index in [4.69, 9.17) is 0 Å². The van der Waals surface area contributed by atoms with Gasteiger partial charge in [-0.3, -0.25) is 4.79 Å². The van der Waals surface area contributed by atoms with Crippen molar-refractivity contribution in [3.05, 3.63) is 18.2 Å². The molecule has 1 atom stereocenters. The highest BCUT2D eigenvalue weighted by Gasteiger charge is 2.20. The van der Waals surface area contributed by atoms with E-state index in [-0.39, 0.29) is 11.4 Å². The van der Waals surface area contributed by atoms with Crippen molar-refractivity contribution in [2.45, 2.75) is 58.2 Å². The molecule has 0 aliphatic carbocycles. The van der Waals surface area contributed by atoms with Crippen molar-refractivity contribution in [1.29, 1.82) is 0 Å². The van der Waals surface area contributed by atoms with Crippen molar-refractivity contribution in [3.8, 4) is 0 Å². The maximum absolute atomic E-state index is 11.8. The average molecular weight is 264 g/mol. The second-order valence-electron chi connectivity index (χ2n) is 6.21. The van der Waals surface area contributed by atoms with Crippen molar-refractivity contribution < 1.29 is 4.79 Å². The molecule has 2 rings (SSSR count). The maximum Gasteiger partial charge on any atom is 0.222 e. The Morgan fingerprint density at radius 2 is 2.37 bits per heavy atom. The second kappa shape index (κ2) is 5.74. The summed E-state index contributed by atoms with van der Waals surface area (Å²) in [4.78, 5) is 16.0. The Kier molecular flexibility index (Phi) is 4.24. The Morgan fingerprint density at radius 3 is 3.00 bits per heavy atom. The molecule has 1 unspecified atom stereocenters. The molecule has 2 heterocycles. The number of imidazole rings is 1. The summed E-state index contributed by atoms with van der Waals surface area (Å²) in [5.41, 5.74) is 1.03. The van der Waals surface area contributed by atoms with Crippen LogP contribution in [-0.2, 0) is 11.3 Å². The molecular formula is C14H24N4O. The van der Waals surface area contributed by atoms with Gasteiger partial charge in [-0.1, -0.05) is 0 Å². The van der Waals surface area contributed by atoms with Gasteiger partial charge in [0.05, 0.1) is 12.0 Å². The molecule has 0 spiro atoms. The van der Waals surface area contributed by atoms with E-state index in [1.807, 2.05) is 33.3 Å². The molecule has 1 fully saturated rings. The molecule has 5 heteroatoms. The molecule has 0 radical (unpaired) electrons. The summed E-state index contributed by atoms with van der Waals surface area (Å²) in [5, 5.41) is 6.45.